The number of pyridine rings is 1. The Morgan fingerprint density at radius 1 is 1.29 bits per heavy atom. The van der Waals surface area contributed by atoms with Gasteiger partial charge in [-0.1, -0.05) is 6.92 Å². The molecule has 0 saturated carbocycles. The Morgan fingerprint density at radius 2 is 2.00 bits per heavy atom. The highest BCUT2D eigenvalue weighted by atomic mass is 16.7. The second-order valence-corrected chi connectivity index (χ2v) is 3.67. The third-order valence-corrected chi connectivity index (χ3v) is 2.35. The first-order chi connectivity index (χ1) is 8.22. The van der Waals surface area contributed by atoms with Gasteiger partial charge in [-0.05, 0) is 18.1 Å². The summed E-state index contributed by atoms with van der Waals surface area (Å²) in [5, 5.41) is 0. The molecular formula is C12H20N2O3. The van der Waals surface area contributed by atoms with Crippen LogP contribution < -0.4 is 10.5 Å². The molecular weight excluding hydrogens is 220 g/mol. The van der Waals surface area contributed by atoms with E-state index in [0.717, 1.165) is 12.0 Å². The van der Waals surface area contributed by atoms with Gasteiger partial charge in [-0.3, -0.25) is 4.98 Å². The molecule has 1 heterocycles. The quantitative estimate of drug-likeness (QED) is 0.731. The van der Waals surface area contributed by atoms with E-state index in [2.05, 4.69) is 11.9 Å². The molecule has 1 unspecified atom stereocenters. The molecule has 0 aromatic carbocycles. The van der Waals surface area contributed by atoms with Crippen LogP contribution in [0.4, 0.5) is 0 Å². The van der Waals surface area contributed by atoms with Crippen LogP contribution in [0.1, 0.15) is 24.9 Å². The summed E-state index contributed by atoms with van der Waals surface area (Å²) in [4.78, 5) is 4.09. The molecule has 2 N–H and O–H groups in total. The summed E-state index contributed by atoms with van der Waals surface area (Å²) >= 11 is 0. The van der Waals surface area contributed by atoms with Crippen LogP contribution in [-0.2, 0) is 9.47 Å². The first-order valence-corrected chi connectivity index (χ1v) is 5.61. The monoisotopic (exact) mass is 240 g/mol. The van der Waals surface area contributed by atoms with E-state index in [1.165, 1.54) is 0 Å². The zero-order chi connectivity index (χ0) is 12.7. The van der Waals surface area contributed by atoms with E-state index >= 15 is 0 Å². The van der Waals surface area contributed by atoms with E-state index in [0.29, 0.717) is 12.4 Å². The number of rotatable bonds is 7. The van der Waals surface area contributed by atoms with E-state index in [1.807, 2.05) is 6.07 Å². The Balaban J connectivity index is 2.75. The highest BCUT2D eigenvalue weighted by molar-refractivity contribution is 5.26. The van der Waals surface area contributed by atoms with Crippen LogP contribution in [-0.4, -0.2) is 32.1 Å². The maximum Gasteiger partial charge on any atom is 0.176 e. The minimum atomic E-state index is -0.488. The molecule has 1 rings (SSSR count). The number of nitrogens with two attached hydrogens (primary N) is 1. The summed E-state index contributed by atoms with van der Waals surface area (Å²) in [6, 6.07) is 1.47. The van der Waals surface area contributed by atoms with Crippen LogP contribution >= 0.6 is 0 Å². The van der Waals surface area contributed by atoms with Gasteiger partial charge in [-0.25, -0.2) is 0 Å². The summed E-state index contributed by atoms with van der Waals surface area (Å²) < 4.78 is 15.7. The lowest BCUT2D eigenvalue weighted by Gasteiger charge is -2.21. The number of aromatic nitrogens is 1. The zero-order valence-electron chi connectivity index (χ0n) is 10.6. The Morgan fingerprint density at radius 3 is 2.59 bits per heavy atom. The van der Waals surface area contributed by atoms with Gasteiger partial charge in [0.2, 0.25) is 0 Å². The highest BCUT2D eigenvalue weighted by Gasteiger charge is 2.19. The molecule has 1 aromatic rings. The lowest BCUT2D eigenvalue weighted by Crippen LogP contribution is -2.29. The number of nitrogens with zero attached hydrogens (tertiary/aromatic N) is 1. The minimum absolute atomic E-state index is 0.386. The number of ether oxygens (including phenoxy) is 3. The van der Waals surface area contributed by atoms with Gasteiger partial charge in [0.05, 0.1) is 18.8 Å². The largest absolute Gasteiger partial charge is 0.492 e. The Hall–Kier alpha value is -1.17. The average molecular weight is 240 g/mol. The van der Waals surface area contributed by atoms with Crippen LogP contribution in [0.15, 0.2) is 18.5 Å². The maximum absolute atomic E-state index is 6.01. The number of methoxy groups -OCH3 is 2. The van der Waals surface area contributed by atoms with Crippen molar-refractivity contribution in [1.29, 1.82) is 0 Å². The van der Waals surface area contributed by atoms with E-state index in [9.17, 15) is 0 Å². The molecule has 0 fully saturated rings. The second-order valence-electron chi connectivity index (χ2n) is 3.67. The van der Waals surface area contributed by atoms with Gasteiger partial charge in [0.25, 0.3) is 0 Å². The molecule has 0 aliphatic rings. The van der Waals surface area contributed by atoms with Crippen LogP contribution in [0.3, 0.4) is 0 Å². The van der Waals surface area contributed by atoms with Gasteiger partial charge >= 0.3 is 0 Å². The van der Waals surface area contributed by atoms with Crippen molar-refractivity contribution in [2.45, 2.75) is 25.7 Å². The Bertz CT molecular complexity index is 329. The average Bonchev–Trinajstić information content (AvgIpc) is 2.38. The van der Waals surface area contributed by atoms with Gasteiger partial charge in [0, 0.05) is 20.4 Å². The van der Waals surface area contributed by atoms with Crippen LogP contribution in [0.2, 0.25) is 0 Å². The zero-order valence-corrected chi connectivity index (χ0v) is 10.6. The van der Waals surface area contributed by atoms with Gasteiger partial charge in [-0.15, -0.1) is 0 Å². The molecule has 1 aromatic heterocycles. The molecule has 0 bridgehead atoms. The first kappa shape index (κ1) is 13.9. The van der Waals surface area contributed by atoms with E-state index < -0.39 is 6.29 Å². The van der Waals surface area contributed by atoms with Crippen LogP contribution in [0.25, 0.3) is 0 Å². The molecule has 5 heteroatoms. The predicted octanol–water partition coefficient (Wildman–Crippen LogP) is 1.49. The summed E-state index contributed by atoms with van der Waals surface area (Å²) in [5.74, 6) is 0.714. The van der Waals surface area contributed by atoms with E-state index in [-0.39, 0.29) is 6.04 Å². The fourth-order valence-electron chi connectivity index (χ4n) is 1.46. The molecule has 0 amide bonds. The van der Waals surface area contributed by atoms with Gasteiger partial charge in [0.1, 0.15) is 5.75 Å². The summed E-state index contributed by atoms with van der Waals surface area (Å²) in [6.45, 7) is 2.72. The van der Waals surface area contributed by atoms with Crippen molar-refractivity contribution in [3.05, 3.63) is 24.0 Å². The van der Waals surface area contributed by atoms with Crippen molar-refractivity contribution in [3.63, 3.8) is 0 Å². The Labute approximate surface area is 102 Å². The third kappa shape index (κ3) is 3.96. The molecule has 5 nitrogen and oxygen atoms in total. The first-order valence-electron chi connectivity index (χ1n) is 5.61. The molecule has 0 aliphatic carbocycles. The van der Waals surface area contributed by atoms with Gasteiger partial charge in [0.15, 0.2) is 6.29 Å². The topological polar surface area (TPSA) is 66.6 Å². The van der Waals surface area contributed by atoms with Crippen LogP contribution in [0.5, 0.6) is 5.75 Å². The summed E-state index contributed by atoms with van der Waals surface area (Å²) in [6.07, 6.45) is 3.82. The number of hydrogen-bond donors (Lipinski definition) is 1. The fourth-order valence-corrected chi connectivity index (χ4v) is 1.46. The molecule has 0 aliphatic heterocycles. The third-order valence-electron chi connectivity index (χ3n) is 2.35. The normalized spacial score (nSPS) is 12.8. The van der Waals surface area contributed by atoms with Crippen molar-refractivity contribution >= 4 is 0 Å². The smallest absolute Gasteiger partial charge is 0.176 e. The molecule has 96 valence electrons. The lowest BCUT2D eigenvalue weighted by atomic mass is 10.1. The van der Waals surface area contributed by atoms with Crippen LogP contribution in [0, 0.1) is 0 Å². The molecule has 1 atom stereocenters. The summed E-state index contributed by atoms with van der Waals surface area (Å²) in [7, 11) is 3.11. The fraction of sp³-hybridized carbons (Fsp3) is 0.583. The lowest BCUT2D eigenvalue weighted by molar-refractivity contribution is -0.117. The summed E-state index contributed by atoms with van der Waals surface area (Å²) in [5.41, 5.74) is 6.84. The molecule has 17 heavy (non-hydrogen) atoms. The molecule has 0 saturated heterocycles. The predicted molar refractivity (Wildman–Crippen MR) is 64.8 cm³/mol. The van der Waals surface area contributed by atoms with Crippen molar-refractivity contribution < 1.29 is 14.2 Å². The Kier molecular flexibility index (Phi) is 5.90. The van der Waals surface area contributed by atoms with Crippen molar-refractivity contribution in [1.82, 2.24) is 4.98 Å². The SMILES string of the molecule is CCCOc1cncc(C(N)C(OC)OC)c1. The minimum Gasteiger partial charge on any atom is -0.492 e. The van der Waals surface area contributed by atoms with Crippen molar-refractivity contribution in [3.8, 4) is 5.75 Å². The standard InChI is InChI=1S/C12H20N2O3/c1-4-5-17-10-6-9(7-14-8-10)11(13)12(15-2)16-3/h6-8,11-12H,4-5,13H2,1-3H3. The van der Waals surface area contributed by atoms with Gasteiger partial charge < -0.3 is 19.9 Å². The second kappa shape index (κ2) is 7.21. The molecule has 0 spiro atoms. The van der Waals surface area contributed by atoms with Gasteiger partial charge in [-0.2, -0.15) is 0 Å². The highest BCUT2D eigenvalue weighted by Crippen LogP contribution is 2.20. The van der Waals surface area contributed by atoms with Crippen molar-refractivity contribution in [2.24, 2.45) is 5.73 Å². The van der Waals surface area contributed by atoms with Crippen molar-refractivity contribution in [2.75, 3.05) is 20.8 Å². The van der Waals surface area contributed by atoms with E-state index in [1.54, 1.807) is 26.6 Å². The molecule has 0 radical (unpaired) electrons. The van der Waals surface area contributed by atoms with E-state index in [4.69, 9.17) is 19.9 Å². The number of hydrogen-bond acceptors (Lipinski definition) is 5. The maximum atomic E-state index is 6.01.